The van der Waals surface area contributed by atoms with Crippen molar-refractivity contribution >= 4 is 28.9 Å². The molecular formula is C40H62O5. The fourth-order valence-electron chi connectivity index (χ4n) is 8.30. The highest BCUT2D eigenvalue weighted by atomic mass is 16.2. The van der Waals surface area contributed by atoms with Gasteiger partial charge in [-0.1, -0.05) is 78.0 Å². The van der Waals surface area contributed by atoms with Crippen LogP contribution in [0.3, 0.4) is 0 Å². The van der Waals surface area contributed by atoms with Gasteiger partial charge < -0.3 is 4.79 Å². The van der Waals surface area contributed by atoms with Gasteiger partial charge in [-0.05, 0) is 100 Å². The van der Waals surface area contributed by atoms with E-state index in [1.165, 1.54) is 39.0 Å². The smallest absolute Gasteiger partial charge is 0.163 e. The first-order valence-electron chi connectivity index (χ1n) is 18.1. The van der Waals surface area contributed by atoms with E-state index in [0.29, 0.717) is 35.7 Å². The van der Waals surface area contributed by atoms with Gasteiger partial charge in [0.05, 0.1) is 6.42 Å². The van der Waals surface area contributed by atoms with Crippen LogP contribution >= 0.6 is 0 Å². The second-order valence-electron chi connectivity index (χ2n) is 14.3. The number of benzene rings is 1. The van der Waals surface area contributed by atoms with Crippen molar-refractivity contribution in [1.82, 2.24) is 0 Å². The average molecular weight is 623 g/mol. The lowest BCUT2D eigenvalue weighted by atomic mass is 9.72. The van der Waals surface area contributed by atoms with E-state index >= 15 is 0 Å². The number of unbranched alkanes of at least 4 members (excludes halogenated alkanes) is 1. The average Bonchev–Trinajstić information content (AvgIpc) is 3.51. The summed E-state index contributed by atoms with van der Waals surface area (Å²) in [6.07, 6.45) is 14.9. The SMILES string of the molecule is CC(=O)CCCCC1CCC2CC(=O)CC12.CCC.CCCC(CC1CC(=O)c2c(C)cccc2C1)C(CC)C(=O)CC(C)=O. The Bertz CT molecular complexity index is 1130. The van der Waals surface area contributed by atoms with Crippen molar-refractivity contribution in [3.63, 3.8) is 0 Å². The van der Waals surface area contributed by atoms with Crippen molar-refractivity contribution in [2.45, 2.75) is 151 Å². The number of hydrogen-bond acceptors (Lipinski definition) is 5. The summed E-state index contributed by atoms with van der Waals surface area (Å²) in [6.45, 7) is 13.6. The summed E-state index contributed by atoms with van der Waals surface area (Å²) in [5, 5.41) is 0. The Morgan fingerprint density at radius 3 is 2.22 bits per heavy atom. The molecule has 0 N–H and O–H groups in total. The topological polar surface area (TPSA) is 85.3 Å². The number of fused-ring (bicyclic) bond motifs is 2. The quantitative estimate of drug-likeness (QED) is 0.152. The lowest BCUT2D eigenvalue weighted by molar-refractivity contribution is -0.130. The molecule has 5 heteroatoms. The lowest BCUT2D eigenvalue weighted by Gasteiger charge is -2.31. The molecule has 0 aliphatic heterocycles. The van der Waals surface area contributed by atoms with Crippen molar-refractivity contribution in [3.05, 3.63) is 34.9 Å². The molecule has 3 aliphatic rings. The molecule has 1 aromatic carbocycles. The standard InChI is InChI=1S/C23H32O3.C14H22O2.C3H8/c1-5-8-18(20(6-2)21(25)11-16(4)24)12-17-13-19-10-7-9-15(3)23(19)22(26)14-17;1-10(15)4-2-3-5-11-6-7-12-8-13(16)9-14(11)12;1-3-2/h7,9-10,17-18,20H,5-6,8,11-14H2,1-4H3;11-12,14H,2-9H2,1H3;3H2,1-2H3. The summed E-state index contributed by atoms with van der Waals surface area (Å²) in [5.41, 5.74) is 3.14. The summed E-state index contributed by atoms with van der Waals surface area (Å²) >= 11 is 0. The number of aryl methyl sites for hydroxylation is 1. The van der Waals surface area contributed by atoms with E-state index in [1.807, 2.05) is 26.0 Å². The van der Waals surface area contributed by atoms with E-state index in [-0.39, 0.29) is 35.6 Å². The molecule has 252 valence electrons. The predicted octanol–water partition coefficient (Wildman–Crippen LogP) is 9.68. The van der Waals surface area contributed by atoms with Crippen LogP contribution in [0.15, 0.2) is 18.2 Å². The third-order valence-corrected chi connectivity index (χ3v) is 10.2. The van der Waals surface area contributed by atoms with Gasteiger partial charge in [-0.3, -0.25) is 19.2 Å². The van der Waals surface area contributed by atoms with Gasteiger partial charge in [-0.25, -0.2) is 0 Å². The number of ketones is 5. The van der Waals surface area contributed by atoms with Gasteiger partial charge in [0.25, 0.3) is 0 Å². The highest BCUT2D eigenvalue weighted by Gasteiger charge is 2.42. The minimum Gasteiger partial charge on any atom is -0.300 e. The summed E-state index contributed by atoms with van der Waals surface area (Å²) in [5.74, 6) is 3.76. The number of carbonyl (C=O) groups is 5. The summed E-state index contributed by atoms with van der Waals surface area (Å²) in [6, 6.07) is 6.10. The zero-order chi connectivity index (χ0) is 33.5. The molecule has 1 aromatic rings. The molecule has 6 unspecified atom stereocenters. The van der Waals surface area contributed by atoms with Gasteiger partial charge in [-0.2, -0.15) is 0 Å². The third kappa shape index (κ3) is 12.4. The summed E-state index contributed by atoms with van der Waals surface area (Å²) < 4.78 is 0. The Morgan fingerprint density at radius 1 is 0.889 bits per heavy atom. The lowest BCUT2D eigenvalue weighted by Crippen LogP contribution is -2.29. The van der Waals surface area contributed by atoms with E-state index in [4.69, 9.17) is 0 Å². The molecule has 5 nitrogen and oxygen atoms in total. The number of Topliss-reactive ketones (excluding diaryl/α,β-unsaturated/α-hetero) is 5. The normalized spacial score (nSPS) is 23.1. The first kappa shape index (κ1) is 38.8. The maximum absolute atomic E-state index is 12.7. The van der Waals surface area contributed by atoms with Crippen molar-refractivity contribution in [2.24, 2.45) is 35.5 Å². The van der Waals surface area contributed by atoms with E-state index < -0.39 is 0 Å². The highest BCUT2D eigenvalue weighted by Crippen LogP contribution is 2.48. The zero-order valence-corrected chi connectivity index (χ0v) is 29.6. The fraction of sp³-hybridized carbons (Fsp3) is 0.725. The molecule has 0 saturated heterocycles. The molecule has 0 heterocycles. The van der Waals surface area contributed by atoms with Gasteiger partial charge in [0, 0.05) is 37.2 Å². The van der Waals surface area contributed by atoms with Gasteiger partial charge in [0.1, 0.15) is 23.1 Å². The Hall–Kier alpha value is -2.43. The first-order chi connectivity index (χ1) is 21.4. The van der Waals surface area contributed by atoms with Crippen molar-refractivity contribution in [1.29, 1.82) is 0 Å². The van der Waals surface area contributed by atoms with Crippen LogP contribution in [0.25, 0.3) is 0 Å². The van der Waals surface area contributed by atoms with E-state index in [1.54, 1.807) is 6.92 Å². The Morgan fingerprint density at radius 2 is 1.60 bits per heavy atom. The first-order valence-corrected chi connectivity index (χ1v) is 18.1. The molecule has 45 heavy (non-hydrogen) atoms. The maximum Gasteiger partial charge on any atom is 0.163 e. The highest BCUT2D eigenvalue weighted by molar-refractivity contribution is 6.00. The third-order valence-electron chi connectivity index (χ3n) is 10.2. The number of hydrogen-bond donors (Lipinski definition) is 0. The second kappa shape index (κ2) is 19.9. The molecule has 0 spiro atoms. The van der Waals surface area contributed by atoms with E-state index in [2.05, 4.69) is 26.8 Å². The second-order valence-corrected chi connectivity index (χ2v) is 14.3. The van der Waals surface area contributed by atoms with Crippen molar-refractivity contribution in [2.75, 3.05) is 0 Å². The van der Waals surface area contributed by atoms with Crippen LogP contribution in [-0.4, -0.2) is 28.9 Å². The number of rotatable bonds is 14. The number of carbonyl (C=O) groups excluding carboxylic acids is 5. The molecule has 0 bridgehead atoms. The maximum atomic E-state index is 12.7. The molecule has 0 aromatic heterocycles. The van der Waals surface area contributed by atoms with Crippen LogP contribution in [0.5, 0.6) is 0 Å². The van der Waals surface area contributed by atoms with Gasteiger partial charge >= 0.3 is 0 Å². The van der Waals surface area contributed by atoms with Crippen LogP contribution in [0.4, 0.5) is 0 Å². The van der Waals surface area contributed by atoms with E-state index in [0.717, 1.165) is 80.4 Å². The van der Waals surface area contributed by atoms with Crippen LogP contribution in [0.2, 0.25) is 0 Å². The Kier molecular flexibility index (Phi) is 17.2. The predicted molar refractivity (Wildman–Crippen MR) is 183 cm³/mol. The molecule has 0 amide bonds. The van der Waals surface area contributed by atoms with Crippen LogP contribution < -0.4 is 0 Å². The summed E-state index contributed by atoms with van der Waals surface area (Å²) in [7, 11) is 0. The largest absolute Gasteiger partial charge is 0.300 e. The molecule has 2 fully saturated rings. The fourth-order valence-corrected chi connectivity index (χ4v) is 8.30. The summed E-state index contributed by atoms with van der Waals surface area (Å²) in [4.78, 5) is 58.8. The monoisotopic (exact) mass is 622 g/mol. The van der Waals surface area contributed by atoms with Gasteiger partial charge in [0.2, 0.25) is 0 Å². The van der Waals surface area contributed by atoms with E-state index in [9.17, 15) is 24.0 Å². The Labute approximate surface area is 274 Å². The van der Waals surface area contributed by atoms with Crippen molar-refractivity contribution < 1.29 is 24.0 Å². The molecule has 6 atom stereocenters. The molecule has 0 radical (unpaired) electrons. The van der Waals surface area contributed by atoms with Gasteiger partial charge in [-0.15, -0.1) is 0 Å². The minimum absolute atomic E-state index is 0.0460. The molecule has 4 rings (SSSR count). The molecule has 3 aliphatic carbocycles. The molecular weight excluding hydrogens is 560 g/mol. The molecule has 2 saturated carbocycles. The Balaban J connectivity index is 0.000000315. The van der Waals surface area contributed by atoms with Crippen molar-refractivity contribution in [3.8, 4) is 0 Å². The van der Waals surface area contributed by atoms with Crippen LogP contribution in [0, 0.1) is 42.4 Å². The zero-order valence-electron chi connectivity index (χ0n) is 29.6. The van der Waals surface area contributed by atoms with Crippen LogP contribution in [0.1, 0.15) is 159 Å². The minimum atomic E-state index is -0.0622. The van der Waals surface area contributed by atoms with Crippen LogP contribution in [-0.2, 0) is 25.6 Å². The van der Waals surface area contributed by atoms with Gasteiger partial charge in [0.15, 0.2) is 5.78 Å².